The summed E-state index contributed by atoms with van der Waals surface area (Å²) in [7, 11) is 3.27. The van der Waals surface area contributed by atoms with Gasteiger partial charge in [0.1, 0.15) is 18.1 Å². The van der Waals surface area contributed by atoms with Crippen molar-refractivity contribution < 1.29 is 18.9 Å². The fraction of sp³-hybridized carbons (Fsp3) is 0.222. The van der Waals surface area contributed by atoms with Gasteiger partial charge in [0, 0.05) is 17.5 Å². The highest BCUT2D eigenvalue weighted by Gasteiger charge is 2.41. The molecule has 0 spiro atoms. The van der Waals surface area contributed by atoms with Crippen molar-refractivity contribution in [2.24, 2.45) is 5.10 Å². The monoisotopic (exact) mass is 442 g/mol. The summed E-state index contributed by atoms with van der Waals surface area (Å²) < 4.78 is 23.0. The van der Waals surface area contributed by atoms with E-state index in [0.717, 1.165) is 40.3 Å². The molecule has 2 heterocycles. The second kappa shape index (κ2) is 8.90. The summed E-state index contributed by atoms with van der Waals surface area (Å²) >= 11 is 0. The zero-order valence-corrected chi connectivity index (χ0v) is 18.7. The maximum atomic E-state index is 6.45. The molecule has 6 nitrogen and oxygen atoms in total. The van der Waals surface area contributed by atoms with Gasteiger partial charge in [-0.05, 0) is 54.1 Å². The quantitative estimate of drug-likeness (QED) is 0.452. The minimum Gasteiger partial charge on any atom is -0.493 e. The topological polar surface area (TPSA) is 52.5 Å². The lowest BCUT2D eigenvalue weighted by molar-refractivity contribution is -0.0191. The first-order valence-corrected chi connectivity index (χ1v) is 10.9. The van der Waals surface area contributed by atoms with Crippen molar-refractivity contribution in [3.63, 3.8) is 0 Å². The Bertz CT molecular complexity index is 1190. The van der Waals surface area contributed by atoms with Crippen LogP contribution in [0, 0.1) is 0 Å². The molecule has 33 heavy (non-hydrogen) atoms. The SMILES string of the molecule is C=CCOc1ccc(C2=NN3[C@H](C2)c2ccccc2O[C@@H]3c2ccc(OC)c(OC)c2)cc1. The molecular formula is C27H26N2O4. The third kappa shape index (κ3) is 3.89. The van der Waals surface area contributed by atoms with E-state index in [1.54, 1.807) is 20.3 Å². The van der Waals surface area contributed by atoms with Gasteiger partial charge in [-0.3, -0.25) is 0 Å². The molecule has 0 aliphatic carbocycles. The number of hydrazone groups is 1. The molecule has 168 valence electrons. The maximum Gasteiger partial charge on any atom is 0.214 e. The number of fused-ring (bicyclic) bond motifs is 3. The van der Waals surface area contributed by atoms with Gasteiger partial charge in [0.05, 0.1) is 26.0 Å². The van der Waals surface area contributed by atoms with Gasteiger partial charge in [0.25, 0.3) is 0 Å². The molecule has 2 aliphatic rings. The molecule has 0 unspecified atom stereocenters. The molecule has 2 aliphatic heterocycles. The summed E-state index contributed by atoms with van der Waals surface area (Å²) in [6, 6.07) is 22.1. The van der Waals surface area contributed by atoms with E-state index in [9.17, 15) is 0 Å². The first-order valence-electron chi connectivity index (χ1n) is 10.9. The average molecular weight is 443 g/mol. The van der Waals surface area contributed by atoms with Crippen LogP contribution in [0.5, 0.6) is 23.0 Å². The van der Waals surface area contributed by atoms with Crippen LogP contribution in [0.3, 0.4) is 0 Å². The van der Waals surface area contributed by atoms with E-state index < -0.39 is 0 Å². The fourth-order valence-corrected chi connectivity index (χ4v) is 4.33. The van der Waals surface area contributed by atoms with Crippen molar-refractivity contribution in [2.75, 3.05) is 20.8 Å². The highest BCUT2D eigenvalue weighted by molar-refractivity contribution is 6.02. The van der Waals surface area contributed by atoms with Crippen LogP contribution in [0.1, 0.15) is 35.4 Å². The predicted octanol–water partition coefficient (Wildman–Crippen LogP) is 5.51. The van der Waals surface area contributed by atoms with Crippen LogP contribution in [0.15, 0.2) is 84.5 Å². The smallest absolute Gasteiger partial charge is 0.214 e. The van der Waals surface area contributed by atoms with E-state index in [-0.39, 0.29) is 12.3 Å². The van der Waals surface area contributed by atoms with E-state index in [2.05, 4.69) is 17.7 Å². The van der Waals surface area contributed by atoms with Crippen molar-refractivity contribution in [1.29, 1.82) is 0 Å². The van der Waals surface area contributed by atoms with E-state index in [1.807, 2.05) is 60.7 Å². The summed E-state index contributed by atoms with van der Waals surface area (Å²) in [5.74, 6) is 3.03. The standard InChI is InChI=1S/C27H26N2O4/c1-4-15-32-20-12-9-18(10-13-20)22-17-23-21-7-5-6-8-24(21)33-27(29(23)28-22)19-11-14-25(30-2)26(16-19)31-3/h4-14,16,23,27H,1,15,17H2,2-3H3/t23-,27-/m1/s1. The second-order valence-electron chi connectivity index (χ2n) is 7.89. The summed E-state index contributed by atoms with van der Waals surface area (Å²) in [5, 5.41) is 7.08. The highest BCUT2D eigenvalue weighted by Crippen LogP contribution is 2.48. The van der Waals surface area contributed by atoms with Crippen LogP contribution >= 0.6 is 0 Å². The Balaban J connectivity index is 1.51. The lowest BCUT2D eigenvalue weighted by Crippen LogP contribution is -2.33. The van der Waals surface area contributed by atoms with Crippen LogP contribution < -0.4 is 18.9 Å². The Morgan fingerprint density at radius 1 is 1.03 bits per heavy atom. The molecule has 0 saturated carbocycles. The summed E-state index contributed by atoms with van der Waals surface area (Å²) in [6.45, 7) is 4.18. The Morgan fingerprint density at radius 3 is 2.58 bits per heavy atom. The molecule has 0 fully saturated rings. The molecule has 0 aromatic heterocycles. The Hall–Kier alpha value is -3.93. The first kappa shape index (κ1) is 20.9. The molecule has 0 bridgehead atoms. The lowest BCUT2D eigenvalue weighted by atomic mass is 9.96. The molecule has 0 radical (unpaired) electrons. The number of hydrogen-bond acceptors (Lipinski definition) is 6. The van der Waals surface area contributed by atoms with Crippen LogP contribution in [0.2, 0.25) is 0 Å². The minimum atomic E-state index is -0.377. The van der Waals surface area contributed by atoms with Gasteiger partial charge < -0.3 is 18.9 Å². The third-order valence-electron chi connectivity index (χ3n) is 5.95. The number of benzene rings is 3. The van der Waals surface area contributed by atoms with E-state index in [0.29, 0.717) is 18.1 Å². The van der Waals surface area contributed by atoms with Gasteiger partial charge in [-0.15, -0.1) is 0 Å². The molecular weight excluding hydrogens is 416 g/mol. The minimum absolute atomic E-state index is 0.0831. The van der Waals surface area contributed by atoms with Crippen LogP contribution in [-0.4, -0.2) is 31.5 Å². The first-order chi connectivity index (χ1) is 16.2. The van der Waals surface area contributed by atoms with E-state index >= 15 is 0 Å². The Kier molecular flexibility index (Phi) is 5.65. The Labute approximate surface area is 193 Å². The summed E-state index contributed by atoms with van der Waals surface area (Å²) in [4.78, 5) is 0. The largest absolute Gasteiger partial charge is 0.493 e. The lowest BCUT2D eigenvalue weighted by Gasteiger charge is -2.38. The van der Waals surface area contributed by atoms with Crippen molar-refractivity contribution in [3.05, 3.63) is 96.1 Å². The molecule has 2 atom stereocenters. The average Bonchev–Trinajstić information content (AvgIpc) is 3.32. The number of para-hydroxylation sites is 1. The fourth-order valence-electron chi connectivity index (χ4n) is 4.33. The number of ether oxygens (including phenoxy) is 4. The number of hydrogen-bond donors (Lipinski definition) is 0. The van der Waals surface area contributed by atoms with Gasteiger partial charge in [0.2, 0.25) is 6.23 Å². The normalized spacial score (nSPS) is 18.5. The zero-order chi connectivity index (χ0) is 22.8. The van der Waals surface area contributed by atoms with E-state index in [1.165, 1.54) is 0 Å². The highest BCUT2D eigenvalue weighted by atomic mass is 16.5. The van der Waals surface area contributed by atoms with Gasteiger partial charge >= 0.3 is 0 Å². The number of methoxy groups -OCH3 is 2. The molecule has 3 aromatic carbocycles. The van der Waals surface area contributed by atoms with E-state index in [4.69, 9.17) is 24.0 Å². The maximum absolute atomic E-state index is 6.45. The number of rotatable bonds is 7. The molecule has 3 aromatic rings. The van der Waals surface area contributed by atoms with Gasteiger partial charge in [-0.25, -0.2) is 5.01 Å². The van der Waals surface area contributed by atoms with Crippen LogP contribution in [-0.2, 0) is 0 Å². The van der Waals surface area contributed by atoms with Gasteiger partial charge in [-0.2, -0.15) is 5.10 Å². The molecule has 0 saturated heterocycles. The van der Waals surface area contributed by atoms with Crippen molar-refractivity contribution >= 4 is 5.71 Å². The second-order valence-corrected chi connectivity index (χ2v) is 7.89. The molecule has 0 amide bonds. The third-order valence-corrected chi connectivity index (χ3v) is 5.95. The summed E-state index contributed by atoms with van der Waals surface area (Å²) in [6.07, 6.45) is 2.15. The molecule has 6 heteroatoms. The number of nitrogens with zero attached hydrogens (tertiary/aromatic N) is 2. The molecule has 0 N–H and O–H groups in total. The Morgan fingerprint density at radius 2 is 1.82 bits per heavy atom. The van der Waals surface area contributed by atoms with Gasteiger partial charge in [-0.1, -0.05) is 30.9 Å². The summed E-state index contributed by atoms with van der Waals surface area (Å²) in [5.41, 5.74) is 4.17. The van der Waals surface area contributed by atoms with Crippen molar-refractivity contribution in [3.8, 4) is 23.0 Å². The predicted molar refractivity (Wildman–Crippen MR) is 127 cm³/mol. The van der Waals surface area contributed by atoms with Crippen molar-refractivity contribution in [2.45, 2.75) is 18.7 Å². The van der Waals surface area contributed by atoms with Crippen LogP contribution in [0.4, 0.5) is 0 Å². The zero-order valence-electron chi connectivity index (χ0n) is 18.7. The van der Waals surface area contributed by atoms with Crippen LogP contribution in [0.25, 0.3) is 0 Å². The van der Waals surface area contributed by atoms with Gasteiger partial charge in [0.15, 0.2) is 11.5 Å². The molecule has 5 rings (SSSR count). The van der Waals surface area contributed by atoms with Crippen molar-refractivity contribution in [1.82, 2.24) is 5.01 Å².